The van der Waals surface area contributed by atoms with E-state index in [0.29, 0.717) is 12.6 Å². The van der Waals surface area contributed by atoms with Gasteiger partial charge in [-0.15, -0.1) is 11.3 Å². The van der Waals surface area contributed by atoms with Gasteiger partial charge >= 0.3 is 0 Å². The first-order valence-corrected chi connectivity index (χ1v) is 8.09. The molecule has 1 amide bonds. The van der Waals surface area contributed by atoms with E-state index in [4.69, 9.17) is 0 Å². The number of nitrogens with one attached hydrogen (secondary N) is 2. The molecule has 2 rings (SSSR count). The molecule has 4 nitrogen and oxygen atoms in total. The fraction of sp³-hybridized carbons (Fsp3) is 0.733. The van der Waals surface area contributed by atoms with Gasteiger partial charge in [-0.05, 0) is 26.7 Å². The molecular formula is C15H25N3OS. The smallest absolute Gasteiger partial charge is 0.234 e. The van der Waals surface area contributed by atoms with Gasteiger partial charge in [0.1, 0.15) is 0 Å². The minimum atomic E-state index is 0.0801. The summed E-state index contributed by atoms with van der Waals surface area (Å²) in [4.78, 5) is 17.6. The largest absolute Gasteiger partial charge is 0.352 e. The number of thiazole rings is 1. The molecule has 1 unspecified atom stereocenters. The van der Waals surface area contributed by atoms with Gasteiger partial charge in [-0.25, -0.2) is 4.98 Å². The standard InChI is InChI=1S/C15H25N3OS/c1-9(16-8-12(19)18-11-6-7-11)13-10(2)17-14(20-13)15(3,4)5/h9,11,16H,6-8H2,1-5H3,(H,18,19). The zero-order chi connectivity index (χ0) is 14.9. The van der Waals surface area contributed by atoms with Gasteiger partial charge in [0.05, 0.1) is 17.2 Å². The highest BCUT2D eigenvalue weighted by atomic mass is 32.1. The molecule has 0 aliphatic heterocycles. The van der Waals surface area contributed by atoms with Gasteiger partial charge in [0, 0.05) is 22.4 Å². The summed E-state index contributed by atoms with van der Waals surface area (Å²) in [6.45, 7) is 11.0. The molecule has 0 radical (unpaired) electrons. The maximum Gasteiger partial charge on any atom is 0.234 e. The lowest BCUT2D eigenvalue weighted by atomic mass is 9.98. The van der Waals surface area contributed by atoms with Crippen molar-refractivity contribution in [3.8, 4) is 0 Å². The molecule has 112 valence electrons. The van der Waals surface area contributed by atoms with Gasteiger partial charge in [0.2, 0.25) is 5.91 Å². The quantitative estimate of drug-likeness (QED) is 0.878. The molecule has 1 atom stereocenters. The molecule has 0 aromatic carbocycles. The zero-order valence-electron chi connectivity index (χ0n) is 13.0. The predicted octanol–water partition coefficient (Wildman–Crippen LogP) is 2.68. The summed E-state index contributed by atoms with van der Waals surface area (Å²) in [6.07, 6.45) is 2.26. The van der Waals surface area contributed by atoms with Gasteiger partial charge in [-0.2, -0.15) is 0 Å². The third kappa shape index (κ3) is 4.03. The molecule has 0 bridgehead atoms. The third-order valence-electron chi connectivity index (χ3n) is 3.38. The topological polar surface area (TPSA) is 54.0 Å². The third-order valence-corrected chi connectivity index (χ3v) is 5.14. The Morgan fingerprint density at radius 3 is 2.60 bits per heavy atom. The van der Waals surface area contributed by atoms with Crippen LogP contribution in [0.25, 0.3) is 0 Å². The van der Waals surface area contributed by atoms with E-state index < -0.39 is 0 Å². The molecule has 0 saturated heterocycles. The number of carbonyl (C=O) groups is 1. The first kappa shape index (κ1) is 15.4. The number of aromatic nitrogens is 1. The van der Waals surface area contributed by atoms with Crippen molar-refractivity contribution in [2.75, 3.05) is 6.54 Å². The van der Waals surface area contributed by atoms with Crippen LogP contribution in [-0.2, 0) is 10.2 Å². The first-order valence-electron chi connectivity index (χ1n) is 7.28. The van der Waals surface area contributed by atoms with Gasteiger partial charge in [-0.3, -0.25) is 4.79 Å². The average molecular weight is 295 g/mol. The molecule has 1 aliphatic carbocycles. The van der Waals surface area contributed by atoms with Gasteiger partial charge < -0.3 is 10.6 Å². The molecule has 1 aromatic rings. The maximum absolute atomic E-state index is 11.7. The Labute approximate surface area is 125 Å². The van der Waals surface area contributed by atoms with Crippen molar-refractivity contribution in [1.82, 2.24) is 15.6 Å². The van der Waals surface area contributed by atoms with E-state index in [1.54, 1.807) is 11.3 Å². The summed E-state index contributed by atoms with van der Waals surface area (Å²) in [7, 11) is 0. The molecule has 0 spiro atoms. The lowest BCUT2D eigenvalue weighted by Crippen LogP contribution is -2.36. The van der Waals surface area contributed by atoms with Crippen LogP contribution < -0.4 is 10.6 Å². The van der Waals surface area contributed by atoms with Crippen molar-refractivity contribution in [2.24, 2.45) is 0 Å². The van der Waals surface area contributed by atoms with E-state index in [0.717, 1.165) is 23.5 Å². The minimum Gasteiger partial charge on any atom is -0.352 e. The molecular weight excluding hydrogens is 270 g/mol. The van der Waals surface area contributed by atoms with E-state index in [1.807, 2.05) is 6.92 Å². The highest BCUT2D eigenvalue weighted by Gasteiger charge is 2.24. The Hall–Kier alpha value is -0.940. The monoisotopic (exact) mass is 295 g/mol. The summed E-state index contributed by atoms with van der Waals surface area (Å²) >= 11 is 1.75. The summed E-state index contributed by atoms with van der Waals surface area (Å²) in [5.41, 5.74) is 1.15. The Morgan fingerprint density at radius 1 is 1.45 bits per heavy atom. The molecule has 20 heavy (non-hydrogen) atoms. The van der Waals surface area contributed by atoms with Crippen molar-refractivity contribution < 1.29 is 4.79 Å². The van der Waals surface area contributed by atoms with Crippen LogP contribution in [0.5, 0.6) is 0 Å². The lowest BCUT2D eigenvalue weighted by Gasteiger charge is -2.14. The van der Waals surface area contributed by atoms with Crippen LogP contribution in [0.4, 0.5) is 0 Å². The number of rotatable bonds is 5. The number of amides is 1. The highest BCUT2D eigenvalue weighted by Crippen LogP contribution is 2.32. The van der Waals surface area contributed by atoms with Crippen LogP contribution in [-0.4, -0.2) is 23.5 Å². The molecule has 1 saturated carbocycles. The summed E-state index contributed by atoms with van der Waals surface area (Å²) < 4.78 is 0. The Morgan fingerprint density at radius 2 is 2.10 bits per heavy atom. The molecule has 1 aliphatic rings. The van der Waals surface area contributed by atoms with Crippen molar-refractivity contribution in [3.63, 3.8) is 0 Å². The molecule has 2 N–H and O–H groups in total. The second kappa shape index (κ2) is 5.82. The molecule has 1 fully saturated rings. The number of carbonyl (C=O) groups excluding carboxylic acids is 1. The molecule has 1 aromatic heterocycles. The predicted molar refractivity (Wildman–Crippen MR) is 83.1 cm³/mol. The van der Waals surface area contributed by atoms with E-state index in [2.05, 4.69) is 43.3 Å². The van der Waals surface area contributed by atoms with Gasteiger partial charge in [-0.1, -0.05) is 20.8 Å². The van der Waals surface area contributed by atoms with Crippen molar-refractivity contribution in [3.05, 3.63) is 15.6 Å². The second-order valence-electron chi connectivity index (χ2n) is 6.66. The van der Waals surface area contributed by atoms with E-state index >= 15 is 0 Å². The van der Waals surface area contributed by atoms with Gasteiger partial charge in [0.15, 0.2) is 0 Å². The van der Waals surface area contributed by atoms with Crippen LogP contribution >= 0.6 is 11.3 Å². The Balaban J connectivity index is 1.92. The van der Waals surface area contributed by atoms with Crippen LogP contribution in [0.1, 0.15) is 62.2 Å². The van der Waals surface area contributed by atoms with Crippen molar-refractivity contribution in [1.29, 1.82) is 0 Å². The number of hydrogen-bond donors (Lipinski definition) is 2. The van der Waals surface area contributed by atoms with E-state index in [1.165, 1.54) is 4.88 Å². The normalized spacial score (nSPS) is 17.1. The van der Waals surface area contributed by atoms with Crippen LogP contribution in [0.2, 0.25) is 0 Å². The van der Waals surface area contributed by atoms with Crippen molar-refractivity contribution >= 4 is 17.2 Å². The summed E-state index contributed by atoms with van der Waals surface area (Å²) in [5, 5.41) is 7.44. The number of hydrogen-bond acceptors (Lipinski definition) is 4. The van der Waals surface area contributed by atoms with Crippen molar-refractivity contribution in [2.45, 2.75) is 65.0 Å². The van der Waals surface area contributed by atoms with Gasteiger partial charge in [0.25, 0.3) is 0 Å². The second-order valence-corrected chi connectivity index (χ2v) is 7.69. The molecule has 5 heteroatoms. The first-order chi connectivity index (χ1) is 9.27. The maximum atomic E-state index is 11.7. The number of nitrogens with zero attached hydrogens (tertiary/aromatic N) is 1. The van der Waals surface area contributed by atoms with E-state index in [-0.39, 0.29) is 17.4 Å². The Bertz CT molecular complexity index is 486. The fourth-order valence-electron chi connectivity index (χ4n) is 1.98. The van der Waals surface area contributed by atoms with E-state index in [9.17, 15) is 4.79 Å². The minimum absolute atomic E-state index is 0.0801. The average Bonchev–Trinajstić information content (AvgIpc) is 3.05. The lowest BCUT2D eigenvalue weighted by molar-refractivity contribution is -0.120. The van der Waals surface area contributed by atoms with Crippen LogP contribution in [0.3, 0.4) is 0 Å². The number of aryl methyl sites for hydroxylation is 1. The van der Waals surface area contributed by atoms with Crippen LogP contribution in [0.15, 0.2) is 0 Å². The fourth-order valence-corrected chi connectivity index (χ4v) is 3.13. The SMILES string of the molecule is Cc1nc(C(C)(C)C)sc1C(C)NCC(=O)NC1CC1. The zero-order valence-corrected chi connectivity index (χ0v) is 13.9. The Kier molecular flexibility index (Phi) is 4.49. The summed E-state index contributed by atoms with van der Waals surface area (Å²) in [6, 6.07) is 0.589. The highest BCUT2D eigenvalue weighted by molar-refractivity contribution is 7.12. The summed E-state index contributed by atoms with van der Waals surface area (Å²) in [5.74, 6) is 0.0950. The van der Waals surface area contributed by atoms with Crippen LogP contribution in [0, 0.1) is 6.92 Å². The molecule has 1 heterocycles.